The predicted octanol–water partition coefficient (Wildman–Crippen LogP) is 3.05. The molecule has 1 aliphatic rings. The normalized spacial score (nSPS) is 13.1. The van der Waals surface area contributed by atoms with Gasteiger partial charge in [0.15, 0.2) is 0 Å². The van der Waals surface area contributed by atoms with Crippen LogP contribution >= 0.6 is 11.6 Å². The Bertz CT molecular complexity index is 680. The van der Waals surface area contributed by atoms with Crippen LogP contribution in [0, 0.1) is 0 Å². The van der Waals surface area contributed by atoms with E-state index in [1.807, 2.05) is 23.1 Å². The fourth-order valence-corrected chi connectivity index (χ4v) is 2.66. The minimum absolute atomic E-state index is 0.0130. The first-order chi connectivity index (χ1) is 10.2. The van der Waals surface area contributed by atoms with Gasteiger partial charge in [-0.1, -0.05) is 18.5 Å². The van der Waals surface area contributed by atoms with Crippen molar-refractivity contribution in [1.82, 2.24) is 9.78 Å². The molecular formula is C15H17ClN4O. The van der Waals surface area contributed by atoms with Crippen LogP contribution in [0.5, 0.6) is 0 Å². The van der Waals surface area contributed by atoms with Crippen molar-refractivity contribution in [3.8, 4) is 0 Å². The first-order valence-corrected chi connectivity index (χ1v) is 7.41. The number of nitrogens with one attached hydrogen (secondary N) is 2. The van der Waals surface area contributed by atoms with Crippen molar-refractivity contribution < 1.29 is 4.79 Å². The molecule has 0 spiro atoms. The third kappa shape index (κ3) is 3.03. The zero-order chi connectivity index (χ0) is 14.8. The number of anilines is 2. The maximum absolute atomic E-state index is 11.4. The molecule has 0 radical (unpaired) electrons. The van der Waals surface area contributed by atoms with Gasteiger partial charge in [-0.05, 0) is 24.1 Å². The highest BCUT2D eigenvalue weighted by atomic mass is 35.5. The highest BCUT2D eigenvalue weighted by Crippen LogP contribution is 2.33. The summed E-state index contributed by atoms with van der Waals surface area (Å²) in [5.74, 6) is 0.0130. The molecule has 2 heterocycles. The SMILES string of the molecule is CCCn1cc(CNc2cc3c(cc2Cl)NC(=O)C3)cn1. The largest absolute Gasteiger partial charge is 0.380 e. The molecule has 5 nitrogen and oxygen atoms in total. The Morgan fingerprint density at radius 3 is 3.14 bits per heavy atom. The summed E-state index contributed by atoms with van der Waals surface area (Å²) < 4.78 is 1.93. The first kappa shape index (κ1) is 13.9. The fraction of sp³-hybridized carbons (Fsp3) is 0.333. The summed E-state index contributed by atoms with van der Waals surface area (Å²) >= 11 is 6.24. The average molecular weight is 305 g/mol. The summed E-state index contributed by atoms with van der Waals surface area (Å²) in [6, 6.07) is 3.73. The van der Waals surface area contributed by atoms with Gasteiger partial charge in [-0.15, -0.1) is 0 Å². The van der Waals surface area contributed by atoms with Crippen molar-refractivity contribution in [3.05, 3.63) is 40.7 Å². The lowest BCUT2D eigenvalue weighted by molar-refractivity contribution is -0.115. The quantitative estimate of drug-likeness (QED) is 0.892. The molecule has 1 aliphatic heterocycles. The number of aryl methyl sites for hydroxylation is 1. The maximum Gasteiger partial charge on any atom is 0.228 e. The molecule has 0 atom stereocenters. The summed E-state index contributed by atoms with van der Waals surface area (Å²) in [7, 11) is 0. The van der Waals surface area contributed by atoms with Crippen molar-refractivity contribution in [3.63, 3.8) is 0 Å². The van der Waals surface area contributed by atoms with Crippen LogP contribution < -0.4 is 10.6 Å². The molecule has 0 aliphatic carbocycles. The van der Waals surface area contributed by atoms with Crippen molar-refractivity contribution >= 4 is 28.9 Å². The highest BCUT2D eigenvalue weighted by molar-refractivity contribution is 6.33. The van der Waals surface area contributed by atoms with E-state index < -0.39 is 0 Å². The Morgan fingerprint density at radius 2 is 2.33 bits per heavy atom. The van der Waals surface area contributed by atoms with Gasteiger partial charge in [-0.25, -0.2) is 0 Å². The van der Waals surface area contributed by atoms with Crippen LogP contribution in [0.25, 0.3) is 0 Å². The van der Waals surface area contributed by atoms with Crippen molar-refractivity contribution in [2.24, 2.45) is 0 Å². The van der Waals surface area contributed by atoms with Gasteiger partial charge in [0.1, 0.15) is 0 Å². The van der Waals surface area contributed by atoms with Crippen LogP contribution in [-0.4, -0.2) is 15.7 Å². The van der Waals surface area contributed by atoms with E-state index in [9.17, 15) is 4.79 Å². The standard InChI is InChI=1S/C15H17ClN4O/c1-2-3-20-9-10(8-18-20)7-17-14-4-11-5-15(21)19-13(11)6-12(14)16/h4,6,8-9,17H,2-3,5,7H2,1H3,(H,19,21). The van der Waals surface area contributed by atoms with Gasteiger partial charge in [0.25, 0.3) is 0 Å². The lowest BCUT2D eigenvalue weighted by Crippen LogP contribution is -2.03. The Labute approximate surface area is 128 Å². The molecule has 0 fully saturated rings. The summed E-state index contributed by atoms with van der Waals surface area (Å²) in [4.78, 5) is 11.4. The number of hydrogen-bond acceptors (Lipinski definition) is 3. The zero-order valence-electron chi connectivity index (χ0n) is 11.8. The molecule has 0 saturated heterocycles. The molecule has 0 unspecified atom stereocenters. The lowest BCUT2D eigenvalue weighted by atomic mass is 10.1. The molecule has 1 aromatic carbocycles. The lowest BCUT2D eigenvalue weighted by Gasteiger charge is -2.09. The minimum atomic E-state index is 0.0130. The molecule has 21 heavy (non-hydrogen) atoms. The van der Waals surface area contributed by atoms with E-state index in [1.165, 1.54) is 0 Å². The second-order valence-electron chi connectivity index (χ2n) is 5.18. The monoisotopic (exact) mass is 304 g/mol. The van der Waals surface area contributed by atoms with E-state index in [1.54, 1.807) is 6.07 Å². The summed E-state index contributed by atoms with van der Waals surface area (Å²) in [5, 5.41) is 11.0. The number of carbonyl (C=O) groups excluding carboxylic acids is 1. The van der Waals surface area contributed by atoms with Crippen LogP contribution in [0.4, 0.5) is 11.4 Å². The van der Waals surface area contributed by atoms with Crippen LogP contribution in [0.1, 0.15) is 24.5 Å². The van der Waals surface area contributed by atoms with Gasteiger partial charge in [0.2, 0.25) is 5.91 Å². The molecule has 2 aromatic rings. The number of carbonyl (C=O) groups is 1. The van der Waals surface area contributed by atoms with Crippen LogP contribution in [0.3, 0.4) is 0 Å². The summed E-state index contributed by atoms with van der Waals surface area (Å²) in [6.45, 7) is 3.70. The molecule has 1 aromatic heterocycles. The van der Waals surface area contributed by atoms with Gasteiger partial charge in [-0.3, -0.25) is 9.48 Å². The van der Waals surface area contributed by atoms with E-state index in [0.29, 0.717) is 18.0 Å². The van der Waals surface area contributed by atoms with Crippen molar-refractivity contribution in [2.45, 2.75) is 32.9 Å². The van der Waals surface area contributed by atoms with E-state index in [-0.39, 0.29) is 5.91 Å². The summed E-state index contributed by atoms with van der Waals surface area (Å²) in [6.07, 6.45) is 5.36. The first-order valence-electron chi connectivity index (χ1n) is 7.03. The molecule has 3 rings (SSSR count). The molecule has 2 N–H and O–H groups in total. The minimum Gasteiger partial charge on any atom is -0.380 e. The topological polar surface area (TPSA) is 59.0 Å². The van der Waals surface area contributed by atoms with Gasteiger partial charge < -0.3 is 10.6 Å². The molecule has 110 valence electrons. The Balaban J connectivity index is 1.70. The van der Waals surface area contributed by atoms with Crippen LogP contribution in [-0.2, 0) is 24.3 Å². The number of benzene rings is 1. The number of fused-ring (bicyclic) bond motifs is 1. The Morgan fingerprint density at radius 1 is 1.48 bits per heavy atom. The second-order valence-corrected chi connectivity index (χ2v) is 5.59. The van der Waals surface area contributed by atoms with E-state index in [0.717, 1.165) is 35.5 Å². The van der Waals surface area contributed by atoms with Crippen LogP contribution in [0.15, 0.2) is 24.5 Å². The number of hydrogen-bond donors (Lipinski definition) is 2. The number of aromatic nitrogens is 2. The molecular weight excluding hydrogens is 288 g/mol. The van der Waals surface area contributed by atoms with E-state index >= 15 is 0 Å². The number of rotatable bonds is 5. The fourth-order valence-electron chi connectivity index (χ4n) is 2.43. The highest BCUT2D eigenvalue weighted by Gasteiger charge is 2.19. The second kappa shape index (κ2) is 5.77. The average Bonchev–Trinajstić information content (AvgIpc) is 3.02. The van der Waals surface area contributed by atoms with Gasteiger partial charge in [0.05, 0.1) is 23.3 Å². The number of amides is 1. The smallest absolute Gasteiger partial charge is 0.228 e. The Kier molecular flexibility index (Phi) is 3.84. The third-order valence-corrected chi connectivity index (χ3v) is 3.75. The van der Waals surface area contributed by atoms with E-state index in [2.05, 4.69) is 22.7 Å². The van der Waals surface area contributed by atoms with Crippen LogP contribution in [0.2, 0.25) is 5.02 Å². The predicted molar refractivity (Wildman–Crippen MR) is 83.6 cm³/mol. The Hall–Kier alpha value is -2.01. The summed E-state index contributed by atoms with van der Waals surface area (Å²) in [5.41, 5.74) is 3.74. The van der Waals surface area contributed by atoms with Crippen molar-refractivity contribution in [1.29, 1.82) is 0 Å². The number of halogens is 1. The van der Waals surface area contributed by atoms with Crippen molar-refractivity contribution in [2.75, 3.05) is 10.6 Å². The molecule has 0 bridgehead atoms. The molecule has 1 amide bonds. The van der Waals surface area contributed by atoms with E-state index in [4.69, 9.17) is 11.6 Å². The van der Waals surface area contributed by atoms with Gasteiger partial charge in [-0.2, -0.15) is 5.10 Å². The number of nitrogens with zero attached hydrogens (tertiary/aromatic N) is 2. The third-order valence-electron chi connectivity index (χ3n) is 3.44. The maximum atomic E-state index is 11.4. The zero-order valence-corrected chi connectivity index (χ0v) is 12.6. The molecule has 6 heteroatoms. The van der Waals surface area contributed by atoms with Gasteiger partial charge >= 0.3 is 0 Å². The molecule has 0 saturated carbocycles. The van der Waals surface area contributed by atoms with Gasteiger partial charge in [0, 0.05) is 30.5 Å².